The molecular weight excluding hydrogens is 208 g/mol. The zero-order chi connectivity index (χ0) is 12.0. The molecule has 6 nitrogen and oxygen atoms in total. The lowest BCUT2D eigenvalue weighted by Crippen LogP contribution is -2.36. The maximum Gasteiger partial charge on any atom is 0.248 e. The molecule has 0 saturated carbocycles. The van der Waals surface area contributed by atoms with E-state index in [-0.39, 0.29) is 5.91 Å². The number of amides is 1. The van der Waals surface area contributed by atoms with E-state index in [0.29, 0.717) is 25.3 Å². The van der Waals surface area contributed by atoms with Crippen LogP contribution in [0.3, 0.4) is 0 Å². The highest BCUT2D eigenvalue weighted by Crippen LogP contribution is 2.04. The van der Waals surface area contributed by atoms with Crippen molar-refractivity contribution in [1.82, 2.24) is 20.7 Å². The summed E-state index contributed by atoms with van der Waals surface area (Å²) in [7, 11) is 0. The number of rotatable bonds is 6. The molecule has 0 aliphatic heterocycles. The van der Waals surface area contributed by atoms with Crippen molar-refractivity contribution >= 4 is 5.91 Å². The largest absolute Gasteiger partial charge is 0.383 e. The van der Waals surface area contributed by atoms with E-state index in [1.54, 1.807) is 6.20 Å². The van der Waals surface area contributed by atoms with E-state index in [1.165, 1.54) is 0 Å². The van der Waals surface area contributed by atoms with Gasteiger partial charge >= 0.3 is 0 Å². The Balaban J connectivity index is 2.19. The van der Waals surface area contributed by atoms with Crippen LogP contribution >= 0.6 is 0 Å². The van der Waals surface area contributed by atoms with Crippen LogP contribution in [0.1, 0.15) is 26.0 Å². The van der Waals surface area contributed by atoms with Crippen molar-refractivity contribution in [1.29, 1.82) is 0 Å². The van der Waals surface area contributed by atoms with Gasteiger partial charge in [-0.2, -0.15) is 15.4 Å². The fraction of sp³-hybridized carbons (Fsp3) is 0.700. The van der Waals surface area contributed by atoms with E-state index in [1.807, 2.05) is 13.8 Å². The van der Waals surface area contributed by atoms with Crippen LogP contribution in [0.2, 0.25) is 0 Å². The highest BCUT2D eigenvalue weighted by atomic mass is 16.3. The van der Waals surface area contributed by atoms with Crippen molar-refractivity contribution in [3.8, 4) is 0 Å². The standard InChI is InChI=1S/C10H18N4O2/c1-7(2)5-9(15)10(16)11-4-3-8-6-12-14-13-8/h6-7,9,15H,3-5H2,1-2H3,(H,11,16)(H,12,13,14)/t9-/m0/s1. The highest BCUT2D eigenvalue weighted by molar-refractivity contribution is 5.80. The van der Waals surface area contributed by atoms with Gasteiger partial charge in [-0.1, -0.05) is 13.8 Å². The highest BCUT2D eigenvalue weighted by Gasteiger charge is 2.15. The van der Waals surface area contributed by atoms with Crippen LogP contribution in [0.4, 0.5) is 0 Å². The van der Waals surface area contributed by atoms with Crippen LogP contribution in [0.15, 0.2) is 6.20 Å². The number of hydrogen-bond donors (Lipinski definition) is 3. The van der Waals surface area contributed by atoms with Gasteiger partial charge in [0.2, 0.25) is 5.91 Å². The van der Waals surface area contributed by atoms with Crippen molar-refractivity contribution in [2.75, 3.05) is 6.54 Å². The summed E-state index contributed by atoms with van der Waals surface area (Å²) in [6.45, 7) is 4.39. The molecule has 0 aliphatic rings. The molecule has 1 atom stereocenters. The van der Waals surface area contributed by atoms with Crippen LogP contribution in [0.25, 0.3) is 0 Å². The molecule has 16 heavy (non-hydrogen) atoms. The van der Waals surface area contributed by atoms with E-state index in [4.69, 9.17) is 0 Å². The molecule has 0 unspecified atom stereocenters. The van der Waals surface area contributed by atoms with Gasteiger partial charge in [-0.25, -0.2) is 0 Å². The predicted molar refractivity (Wildman–Crippen MR) is 58.6 cm³/mol. The number of nitrogens with zero attached hydrogens (tertiary/aromatic N) is 2. The molecule has 1 amide bonds. The Bertz CT molecular complexity index is 311. The minimum atomic E-state index is -0.919. The Kier molecular flexibility index (Phi) is 4.91. The van der Waals surface area contributed by atoms with Crippen LogP contribution in [0.5, 0.6) is 0 Å². The van der Waals surface area contributed by atoms with Gasteiger partial charge in [0.1, 0.15) is 6.10 Å². The third-order valence-electron chi connectivity index (χ3n) is 2.14. The van der Waals surface area contributed by atoms with Gasteiger partial charge in [0, 0.05) is 13.0 Å². The number of aromatic nitrogens is 3. The van der Waals surface area contributed by atoms with Crippen LogP contribution in [0, 0.1) is 5.92 Å². The summed E-state index contributed by atoms with van der Waals surface area (Å²) in [6, 6.07) is 0. The zero-order valence-corrected chi connectivity index (χ0v) is 9.60. The van der Waals surface area contributed by atoms with E-state index in [2.05, 4.69) is 20.7 Å². The molecule has 0 aliphatic carbocycles. The molecule has 1 aromatic rings. The lowest BCUT2D eigenvalue weighted by Gasteiger charge is -2.12. The fourth-order valence-electron chi connectivity index (χ4n) is 1.33. The Hall–Kier alpha value is -1.43. The molecule has 0 aromatic carbocycles. The summed E-state index contributed by atoms with van der Waals surface area (Å²) in [6.07, 6.45) is 1.78. The average molecular weight is 226 g/mol. The van der Waals surface area contributed by atoms with Gasteiger partial charge in [0.25, 0.3) is 0 Å². The predicted octanol–water partition coefficient (Wildman–Crippen LogP) is -0.130. The van der Waals surface area contributed by atoms with Gasteiger partial charge in [-0.05, 0) is 12.3 Å². The van der Waals surface area contributed by atoms with Crippen molar-refractivity contribution in [2.45, 2.75) is 32.8 Å². The molecule has 1 heterocycles. The van der Waals surface area contributed by atoms with Gasteiger partial charge in [-0.3, -0.25) is 4.79 Å². The molecule has 0 fully saturated rings. The van der Waals surface area contributed by atoms with Gasteiger partial charge < -0.3 is 10.4 Å². The third kappa shape index (κ3) is 4.39. The Morgan fingerprint density at radius 2 is 2.38 bits per heavy atom. The minimum absolute atomic E-state index is 0.302. The van der Waals surface area contributed by atoms with Crippen molar-refractivity contribution < 1.29 is 9.90 Å². The first kappa shape index (κ1) is 12.6. The summed E-state index contributed by atoms with van der Waals surface area (Å²) in [5.41, 5.74) is 0.790. The van der Waals surface area contributed by atoms with Crippen LogP contribution in [-0.2, 0) is 11.2 Å². The molecule has 0 radical (unpaired) electrons. The summed E-state index contributed by atoms with van der Waals surface area (Å²) in [5.74, 6) is -0.0199. The number of H-pyrrole nitrogens is 1. The SMILES string of the molecule is CC(C)C[C@H](O)C(=O)NCCc1cn[nH]n1. The van der Waals surface area contributed by atoms with E-state index in [9.17, 15) is 9.90 Å². The first-order valence-corrected chi connectivity index (χ1v) is 5.40. The molecule has 1 rings (SSSR count). The summed E-state index contributed by atoms with van der Waals surface area (Å²) in [4.78, 5) is 11.4. The van der Waals surface area contributed by atoms with Gasteiger partial charge in [0.05, 0.1) is 11.9 Å². The smallest absolute Gasteiger partial charge is 0.248 e. The average Bonchev–Trinajstić information content (AvgIpc) is 2.69. The fourth-order valence-corrected chi connectivity index (χ4v) is 1.33. The normalized spacial score (nSPS) is 12.8. The van der Waals surface area contributed by atoms with E-state index < -0.39 is 6.10 Å². The number of hydrogen-bond acceptors (Lipinski definition) is 4. The Labute approximate surface area is 94.4 Å². The quantitative estimate of drug-likeness (QED) is 0.630. The monoisotopic (exact) mass is 226 g/mol. The number of nitrogens with one attached hydrogen (secondary N) is 2. The number of aliphatic hydroxyl groups excluding tert-OH is 1. The first-order valence-electron chi connectivity index (χ1n) is 5.40. The summed E-state index contributed by atoms with van der Waals surface area (Å²) >= 11 is 0. The van der Waals surface area contributed by atoms with Crippen molar-refractivity contribution in [2.24, 2.45) is 5.92 Å². The molecule has 0 spiro atoms. The third-order valence-corrected chi connectivity index (χ3v) is 2.14. The molecule has 3 N–H and O–H groups in total. The number of carbonyl (C=O) groups is 1. The topological polar surface area (TPSA) is 90.9 Å². The maximum atomic E-state index is 11.4. The lowest BCUT2D eigenvalue weighted by molar-refractivity contribution is -0.130. The zero-order valence-electron chi connectivity index (χ0n) is 9.60. The van der Waals surface area contributed by atoms with Crippen molar-refractivity contribution in [3.63, 3.8) is 0 Å². The maximum absolute atomic E-state index is 11.4. The Morgan fingerprint density at radius 3 is 2.94 bits per heavy atom. The number of carbonyl (C=O) groups excluding carboxylic acids is 1. The van der Waals surface area contributed by atoms with Crippen molar-refractivity contribution in [3.05, 3.63) is 11.9 Å². The van der Waals surface area contributed by atoms with E-state index in [0.717, 1.165) is 5.69 Å². The van der Waals surface area contributed by atoms with E-state index >= 15 is 0 Å². The molecular formula is C10H18N4O2. The summed E-state index contributed by atoms with van der Waals surface area (Å²) in [5, 5.41) is 22.2. The molecule has 0 bridgehead atoms. The summed E-state index contributed by atoms with van der Waals surface area (Å²) < 4.78 is 0. The number of aromatic amines is 1. The molecule has 6 heteroatoms. The number of aliphatic hydroxyl groups is 1. The van der Waals surface area contributed by atoms with Gasteiger partial charge in [0.15, 0.2) is 0 Å². The van der Waals surface area contributed by atoms with Gasteiger partial charge in [-0.15, -0.1) is 0 Å². The molecule has 0 saturated heterocycles. The van der Waals surface area contributed by atoms with Crippen LogP contribution < -0.4 is 5.32 Å². The first-order chi connectivity index (χ1) is 7.59. The second-order valence-electron chi connectivity index (χ2n) is 4.15. The lowest BCUT2D eigenvalue weighted by atomic mass is 10.1. The molecule has 90 valence electrons. The Morgan fingerprint density at radius 1 is 1.62 bits per heavy atom. The molecule has 1 aromatic heterocycles. The minimum Gasteiger partial charge on any atom is -0.383 e. The van der Waals surface area contributed by atoms with Crippen LogP contribution in [-0.4, -0.2) is 39.1 Å². The second kappa shape index (κ2) is 6.22. The second-order valence-corrected chi connectivity index (χ2v) is 4.15.